The molecule has 1 atom stereocenters. The lowest BCUT2D eigenvalue weighted by Crippen LogP contribution is -2.43. The van der Waals surface area contributed by atoms with Gasteiger partial charge in [-0.05, 0) is 25.9 Å². The molecule has 0 aromatic rings. The predicted molar refractivity (Wildman–Crippen MR) is 61.1 cm³/mol. The fourth-order valence-electron chi connectivity index (χ4n) is 1.86. The molecular formula is C11H22N2O3. The number of morpholine rings is 1. The van der Waals surface area contributed by atoms with Gasteiger partial charge in [0.2, 0.25) is 0 Å². The number of ether oxygens (including phenoxy) is 2. The Morgan fingerprint density at radius 3 is 3.06 bits per heavy atom. The summed E-state index contributed by atoms with van der Waals surface area (Å²) in [7, 11) is 1.41. The second-order valence-electron chi connectivity index (χ2n) is 4.07. The van der Waals surface area contributed by atoms with Crippen LogP contribution in [0.3, 0.4) is 0 Å². The van der Waals surface area contributed by atoms with Gasteiger partial charge in [0, 0.05) is 13.1 Å². The highest BCUT2D eigenvalue weighted by molar-refractivity contribution is 5.69. The SMILES string of the molecule is COC(=O)CC1CN(CCCCN)CCO1. The number of hydrogen-bond donors (Lipinski definition) is 1. The molecule has 1 heterocycles. The molecule has 1 fully saturated rings. The zero-order valence-corrected chi connectivity index (χ0v) is 9.98. The van der Waals surface area contributed by atoms with E-state index in [1.165, 1.54) is 7.11 Å². The molecule has 0 amide bonds. The highest BCUT2D eigenvalue weighted by atomic mass is 16.5. The fraction of sp³-hybridized carbons (Fsp3) is 0.909. The average molecular weight is 230 g/mol. The van der Waals surface area contributed by atoms with Crippen molar-refractivity contribution in [3.8, 4) is 0 Å². The van der Waals surface area contributed by atoms with Gasteiger partial charge < -0.3 is 15.2 Å². The molecule has 5 nitrogen and oxygen atoms in total. The van der Waals surface area contributed by atoms with Crippen LogP contribution in [0, 0.1) is 0 Å². The molecule has 1 rings (SSSR count). The van der Waals surface area contributed by atoms with Crippen molar-refractivity contribution in [3.05, 3.63) is 0 Å². The minimum absolute atomic E-state index is 0.0147. The molecule has 94 valence electrons. The van der Waals surface area contributed by atoms with Gasteiger partial charge in [0.25, 0.3) is 0 Å². The first-order valence-electron chi connectivity index (χ1n) is 5.87. The highest BCUT2D eigenvalue weighted by Crippen LogP contribution is 2.10. The third kappa shape index (κ3) is 4.92. The van der Waals surface area contributed by atoms with Crippen molar-refractivity contribution >= 4 is 5.97 Å². The molecule has 0 spiro atoms. The average Bonchev–Trinajstić information content (AvgIpc) is 2.30. The van der Waals surface area contributed by atoms with E-state index in [4.69, 9.17) is 10.5 Å². The lowest BCUT2D eigenvalue weighted by Gasteiger charge is -2.32. The van der Waals surface area contributed by atoms with Crippen molar-refractivity contribution in [2.45, 2.75) is 25.4 Å². The van der Waals surface area contributed by atoms with E-state index in [1.807, 2.05) is 0 Å². The van der Waals surface area contributed by atoms with E-state index in [2.05, 4.69) is 9.64 Å². The van der Waals surface area contributed by atoms with Crippen LogP contribution in [0.5, 0.6) is 0 Å². The number of methoxy groups -OCH3 is 1. The van der Waals surface area contributed by atoms with Crippen molar-refractivity contribution < 1.29 is 14.3 Å². The fourth-order valence-corrected chi connectivity index (χ4v) is 1.86. The van der Waals surface area contributed by atoms with Crippen LogP contribution in [-0.2, 0) is 14.3 Å². The van der Waals surface area contributed by atoms with Gasteiger partial charge in [-0.1, -0.05) is 0 Å². The molecule has 16 heavy (non-hydrogen) atoms. The van der Waals surface area contributed by atoms with Crippen LogP contribution in [0.2, 0.25) is 0 Å². The first-order chi connectivity index (χ1) is 7.76. The molecule has 0 saturated carbocycles. The largest absolute Gasteiger partial charge is 0.469 e. The molecule has 1 aliphatic rings. The van der Waals surface area contributed by atoms with E-state index >= 15 is 0 Å². The zero-order chi connectivity index (χ0) is 11.8. The summed E-state index contributed by atoms with van der Waals surface area (Å²) in [5.41, 5.74) is 5.45. The standard InChI is InChI=1S/C11H22N2O3/c1-15-11(14)8-10-9-13(6-7-16-10)5-3-2-4-12/h10H,2-9,12H2,1H3. The van der Waals surface area contributed by atoms with E-state index in [9.17, 15) is 4.79 Å². The number of unbranched alkanes of at least 4 members (excludes halogenated alkanes) is 1. The van der Waals surface area contributed by atoms with Crippen LogP contribution in [0.1, 0.15) is 19.3 Å². The summed E-state index contributed by atoms with van der Waals surface area (Å²) in [4.78, 5) is 13.4. The molecule has 0 bridgehead atoms. The van der Waals surface area contributed by atoms with Gasteiger partial charge >= 0.3 is 5.97 Å². The molecule has 5 heteroatoms. The molecule has 0 radical (unpaired) electrons. The predicted octanol–water partition coefficient (Wildman–Crippen LogP) is -0.0108. The van der Waals surface area contributed by atoms with E-state index in [0.717, 1.165) is 39.0 Å². The second-order valence-corrected chi connectivity index (χ2v) is 4.07. The molecule has 1 saturated heterocycles. The number of esters is 1. The summed E-state index contributed by atoms with van der Waals surface area (Å²) in [6, 6.07) is 0. The van der Waals surface area contributed by atoms with Gasteiger partial charge in [0.05, 0.1) is 26.2 Å². The summed E-state index contributed by atoms with van der Waals surface area (Å²) >= 11 is 0. The minimum atomic E-state index is -0.200. The lowest BCUT2D eigenvalue weighted by molar-refractivity contribution is -0.145. The Kier molecular flexibility index (Phi) is 6.37. The molecular weight excluding hydrogens is 208 g/mol. The maximum absolute atomic E-state index is 11.1. The molecule has 0 aromatic heterocycles. The Labute approximate surface area is 96.9 Å². The van der Waals surface area contributed by atoms with Crippen LogP contribution in [0.4, 0.5) is 0 Å². The van der Waals surface area contributed by atoms with Crippen molar-refractivity contribution in [2.75, 3.05) is 39.9 Å². The van der Waals surface area contributed by atoms with Gasteiger partial charge in [-0.15, -0.1) is 0 Å². The number of carbonyl (C=O) groups excluding carboxylic acids is 1. The van der Waals surface area contributed by atoms with E-state index in [0.29, 0.717) is 13.0 Å². The number of nitrogens with two attached hydrogens (primary N) is 1. The van der Waals surface area contributed by atoms with E-state index in [1.54, 1.807) is 0 Å². The van der Waals surface area contributed by atoms with Crippen LogP contribution in [-0.4, -0.2) is 56.9 Å². The second kappa shape index (κ2) is 7.60. The maximum Gasteiger partial charge on any atom is 0.308 e. The van der Waals surface area contributed by atoms with Gasteiger partial charge in [-0.3, -0.25) is 9.69 Å². The van der Waals surface area contributed by atoms with Crippen molar-refractivity contribution in [3.63, 3.8) is 0 Å². The molecule has 1 unspecified atom stereocenters. The zero-order valence-electron chi connectivity index (χ0n) is 9.98. The van der Waals surface area contributed by atoms with Crippen LogP contribution in [0.15, 0.2) is 0 Å². The third-order valence-electron chi connectivity index (χ3n) is 2.77. The smallest absolute Gasteiger partial charge is 0.308 e. The first-order valence-corrected chi connectivity index (χ1v) is 5.87. The third-order valence-corrected chi connectivity index (χ3v) is 2.77. The van der Waals surface area contributed by atoms with Crippen molar-refractivity contribution in [1.82, 2.24) is 4.90 Å². The normalized spacial score (nSPS) is 22.0. The first kappa shape index (κ1) is 13.4. The summed E-state index contributed by atoms with van der Waals surface area (Å²) < 4.78 is 10.2. The minimum Gasteiger partial charge on any atom is -0.469 e. The van der Waals surface area contributed by atoms with Crippen molar-refractivity contribution in [2.24, 2.45) is 5.73 Å². The Morgan fingerprint density at radius 2 is 2.38 bits per heavy atom. The number of rotatable bonds is 6. The van der Waals surface area contributed by atoms with Crippen LogP contribution >= 0.6 is 0 Å². The monoisotopic (exact) mass is 230 g/mol. The van der Waals surface area contributed by atoms with Gasteiger partial charge in [0.1, 0.15) is 0 Å². The number of nitrogens with zero attached hydrogens (tertiary/aromatic N) is 1. The summed E-state index contributed by atoms with van der Waals surface area (Å²) in [6.45, 7) is 4.25. The van der Waals surface area contributed by atoms with E-state index < -0.39 is 0 Å². The maximum atomic E-state index is 11.1. The molecule has 2 N–H and O–H groups in total. The number of hydrogen-bond acceptors (Lipinski definition) is 5. The molecule has 0 aliphatic carbocycles. The van der Waals surface area contributed by atoms with Crippen molar-refractivity contribution in [1.29, 1.82) is 0 Å². The lowest BCUT2D eigenvalue weighted by atomic mass is 10.2. The molecule has 1 aliphatic heterocycles. The van der Waals surface area contributed by atoms with Gasteiger partial charge in [-0.25, -0.2) is 0 Å². The summed E-state index contributed by atoms with van der Waals surface area (Å²) in [5, 5.41) is 0. The highest BCUT2D eigenvalue weighted by Gasteiger charge is 2.22. The Morgan fingerprint density at radius 1 is 1.56 bits per heavy atom. The summed E-state index contributed by atoms with van der Waals surface area (Å²) in [5.74, 6) is -0.200. The van der Waals surface area contributed by atoms with Gasteiger partial charge in [0.15, 0.2) is 0 Å². The quantitative estimate of drug-likeness (QED) is 0.513. The van der Waals surface area contributed by atoms with Crippen LogP contribution < -0.4 is 5.73 Å². The number of carbonyl (C=O) groups is 1. The van der Waals surface area contributed by atoms with Gasteiger partial charge in [-0.2, -0.15) is 0 Å². The Hall–Kier alpha value is -0.650. The topological polar surface area (TPSA) is 64.8 Å². The Balaban J connectivity index is 2.21. The van der Waals surface area contributed by atoms with Crippen LogP contribution in [0.25, 0.3) is 0 Å². The molecule has 0 aromatic carbocycles. The summed E-state index contributed by atoms with van der Waals surface area (Å²) in [6.07, 6.45) is 2.50. The van der Waals surface area contributed by atoms with E-state index in [-0.39, 0.29) is 12.1 Å². The Bertz CT molecular complexity index is 211.